The van der Waals surface area contributed by atoms with Crippen LogP contribution in [-0.2, 0) is 16.0 Å². The number of aromatic nitrogens is 1. The Hall–Kier alpha value is -1.62. The van der Waals surface area contributed by atoms with Crippen molar-refractivity contribution in [2.45, 2.75) is 39.2 Å². The normalized spacial score (nSPS) is 20.3. The summed E-state index contributed by atoms with van der Waals surface area (Å²) in [5.74, 6) is 0.335. The van der Waals surface area contributed by atoms with Crippen LogP contribution in [0, 0.1) is 6.92 Å². The first-order valence-electron chi connectivity index (χ1n) is 7.70. The minimum atomic E-state index is -0.252. The first-order chi connectivity index (χ1) is 10.1. The molecule has 2 heterocycles. The van der Waals surface area contributed by atoms with Crippen molar-refractivity contribution in [2.24, 2.45) is 0 Å². The first-order valence-corrected chi connectivity index (χ1v) is 7.70. The number of ether oxygens (including phenoxy) is 1. The van der Waals surface area contributed by atoms with E-state index < -0.39 is 0 Å². The molecule has 1 fully saturated rings. The van der Waals surface area contributed by atoms with E-state index in [4.69, 9.17) is 4.74 Å². The zero-order valence-corrected chi connectivity index (χ0v) is 12.7. The van der Waals surface area contributed by atoms with E-state index in [1.807, 2.05) is 24.8 Å². The van der Waals surface area contributed by atoms with E-state index in [-0.39, 0.29) is 17.7 Å². The van der Waals surface area contributed by atoms with Crippen LogP contribution in [0.15, 0.2) is 6.07 Å². The van der Waals surface area contributed by atoms with Gasteiger partial charge in [0, 0.05) is 36.5 Å². The van der Waals surface area contributed by atoms with Crippen LogP contribution in [0.3, 0.4) is 0 Å². The van der Waals surface area contributed by atoms with E-state index >= 15 is 0 Å². The average Bonchev–Trinajstić information content (AvgIpc) is 2.84. The fraction of sp³-hybridized carbons (Fsp3) is 0.625. The van der Waals surface area contributed by atoms with Crippen LogP contribution >= 0.6 is 0 Å². The lowest BCUT2D eigenvalue weighted by molar-refractivity contribution is -0.138. The van der Waals surface area contributed by atoms with Crippen LogP contribution in [-0.4, -0.2) is 47.5 Å². The van der Waals surface area contributed by atoms with E-state index in [0.29, 0.717) is 32.7 Å². The number of aryl methyl sites for hydroxylation is 1. The van der Waals surface area contributed by atoms with Gasteiger partial charge < -0.3 is 14.2 Å². The monoisotopic (exact) mass is 290 g/mol. The van der Waals surface area contributed by atoms with Crippen molar-refractivity contribution >= 4 is 11.7 Å². The van der Waals surface area contributed by atoms with Crippen molar-refractivity contribution in [3.05, 3.63) is 23.0 Å². The molecule has 1 atom stereocenters. The van der Waals surface area contributed by atoms with E-state index in [1.54, 1.807) is 0 Å². The van der Waals surface area contributed by atoms with Crippen molar-refractivity contribution in [3.63, 3.8) is 0 Å². The third kappa shape index (κ3) is 2.50. The summed E-state index contributed by atoms with van der Waals surface area (Å²) in [6.45, 7) is 6.45. The summed E-state index contributed by atoms with van der Waals surface area (Å²) in [6, 6.07) is 1.69. The number of hydrogen-bond donors (Lipinski definition) is 0. The van der Waals surface area contributed by atoms with Crippen molar-refractivity contribution in [1.29, 1.82) is 0 Å². The highest BCUT2D eigenvalue weighted by molar-refractivity contribution is 5.98. The van der Waals surface area contributed by atoms with E-state index in [1.165, 1.54) is 0 Å². The van der Waals surface area contributed by atoms with Gasteiger partial charge in [-0.05, 0) is 32.8 Å². The van der Waals surface area contributed by atoms with Gasteiger partial charge >= 0.3 is 0 Å². The highest BCUT2D eigenvalue weighted by Gasteiger charge is 2.29. The summed E-state index contributed by atoms with van der Waals surface area (Å²) in [7, 11) is 0. The quantitative estimate of drug-likeness (QED) is 0.833. The molecule has 0 N–H and O–H groups in total. The van der Waals surface area contributed by atoms with Gasteiger partial charge in [-0.2, -0.15) is 0 Å². The summed E-state index contributed by atoms with van der Waals surface area (Å²) in [5, 5.41) is 0. The number of hydrogen-bond acceptors (Lipinski definition) is 3. The smallest absolute Gasteiger partial charge is 0.245 e. The van der Waals surface area contributed by atoms with Gasteiger partial charge in [-0.3, -0.25) is 9.59 Å². The van der Waals surface area contributed by atoms with Crippen molar-refractivity contribution in [3.8, 4) is 0 Å². The van der Waals surface area contributed by atoms with Crippen LogP contribution in [0.4, 0.5) is 0 Å². The molecule has 3 rings (SSSR count). The van der Waals surface area contributed by atoms with Crippen molar-refractivity contribution < 1.29 is 14.3 Å². The number of rotatable bonds is 2. The highest BCUT2D eigenvalue weighted by Crippen LogP contribution is 2.28. The lowest BCUT2D eigenvalue weighted by Crippen LogP contribution is -2.44. The lowest BCUT2D eigenvalue weighted by Gasteiger charge is -2.31. The molecular weight excluding hydrogens is 268 g/mol. The second-order valence-corrected chi connectivity index (χ2v) is 5.91. The molecule has 5 heteroatoms. The molecule has 1 aromatic heterocycles. The van der Waals surface area contributed by atoms with Crippen LogP contribution in [0.25, 0.3) is 0 Å². The average molecular weight is 290 g/mol. The van der Waals surface area contributed by atoms with Gasteiger partial charge in [-0.15, -0.1) is 0 Å². The summed E-state index contributed by atoms with van der Waals surface area (Å²) < 4.78 is 7.36. The predicted octanol–water partition coefficient (Wildman–Crippen LogP) is 1.74. The van der Waals surface area contributed by atoms with E-state index in [2.05, 4.69) is 4.57 Å². The molecule has 0 bridgehead atoms. The summed E-state index contributed by atoms with van der Waals surface area (Å²) in [4.78, 5) is 26.6. The molecule has 21 heavy (non-hydrogen) atoms. The Morgan fingerprint density at radius 1 is 1.29 bits per heavy atom. The number of nitrogens with zero attached hydrogens (tertiary/aromatic N) is 2. The molecule has 1 amide bonds. The minimum absolute atomic E-state index is 0.123. The van der Waals surface area contributed by atoms with Gasteiger partial charge in [0.1, 0.15) is 6.04 Å². The Morgan fingerprint density at radius 2 is 2.00 bits per heavy atom. The van der Waals surface area contributed by atoms with Crippen molar-refractivity contribution in [2.75, 3.05) is 26.3 Å². The van der Waals surface area contributed by atoms with Gasteiger partial charge in [0.2, 0.25) is 5.91 Å². The lowest BCUT2D eigenvalue weighted by atomic mass is 9.96. The van der Waals surface area contributed by atoms with E-state index in [0.717, 1.165) is 29.8 Å². The number of Topliss-reactive ketones (excluding diaryl/α,β-unsaturated/α-hetero) is 1. The van der Waals surface area contributed by atoms with Crippen LogP contribution in [0.5, 0.6) is 0 Å². The second-order valence-electron chi connectivity index (χ2n) is 5.91. The summed E-state index contributed by atoms with van der Waals surface area (Å²) >= 11 is 0. The molecule has 1 aliphatic heterocycles. The Kier molecular flexibility index (Phi) is 3.85. The SMILES string of the molecule is Cc1cc2c(n1C(C)C(=O)N1CCOCC1)CCCC2=O. The number of carbonyl (C=O) groups is 2. The van der Waals surface area contributed by atoms with Crippen LogP contribution in [0.1, 0.15) is 47.6 Å². The number of carbonyl (C=O) groups excluding carboxylic acids is 2. The van der Waals surface area contributed by atoms with Gasteiger partial charge in [0.05, 0.1) is 13.2 Å². The Balaban J connectivity index is 1.89. The van der Waals surface area contributed by atoms with Gasteiger partial charge in [-0.25, -0.2) is 0 Å². The summed E-state index contributed by atoms with van der Waals surface area (Å²) in [6.07, 6.45) is 2.39. The fourth-order valence-electron chi connectivity index (χ4n) is 3.45. The fourth-order valence-corrected chi connectivity index (χ4v) is 3.45. The molecule has 0 aromatic carbocycles. The molecular formula is C16H22N2O3. The molecule has 0 saturated carbocycles. The van der Waals surface area contributed by atoms with Crippen LogP contribution in [0.2, 0.25) is 0 Å². The predicted molar refractivity (Wildman–Crippen MR) is 78.5 cm³/mol. The maximum absolute atomic E-state index is 12.7. The molecule has 1 saturated heterocycles. The maximum Gasteiger partial charge on any atom is 0.245 e. The molecule has 5 nitrogen and oxygen atoms in total. The Bertz CT molecular complexity index is 570. The third-order valence-corrected chi connectivity index (χ3v) is 4.52. The van der Waals surface area contributed by atoms with Gasteiger partial charge in [0.15, 0.2) is 5.78 Å². The van der Waals surface area contributed by atoms with Gasteiger partial charge in [0.25, 0.3) is 0 Å². The number of fused-ring (bicyclic) bond motifs is 1. The number of ketones is 1. The summed E-state index contributed by atoms with van der Waals surface area (Å²) in [5.41, 5.74) is 2.86. The second kappa shape index (κ2) is 5.64. The largest absolute Gasteiger partial charge is 0.378 e. The first kappa shape index (κ1) is 14.3. The highest BCUT2D eigenvalue weighted by atomic mass is 16.5. The molecule has 1 unspecified atom stereocenters. The maximum atomic E-state index is 12.7. The Labute approximate surface area is 124 Å². The van der Waals surface area contributed by atoms with Crippen LogP contribution < -0.4 is 0 Å². The zero-order chi connectivity index (χ0) is 15.0. The number of amides is 1. The van der Waals surface area contributed by atoms with Gasteiger partial charge in [-0.1, -0.05) is 0 Å². The standard InChI is InChI=1S/C16H22N2O3/c1-11-10-13-14(4-3-5-15(13)19)18(11)12(2)16(20)17-6-8-21-9-7-17/h10,12H,3-9H2,1-2H3. The molecule has 1 aliphatic carbocycles. The van der Waals surface area contributed by atoms with Crippen molar-refractivity contribution in [1.82, 2.24) is 9.47 Å². The third-order valence-electron chi connectivity index (χ3n) is 4.52. The topological polar surface area (TPSA) is 51.5 Å². The minimum Gasteiger partial charge on any atom is -0.378 e. The molecule has 114 valence electrons. The van der Waals surface area contributed by atoms with E-state index in [9.17, 15) is 9.59 Å². The Morgan fingerprint density at radius 3 is 2.71 bits per heavy atom. The molecule has 2 aliphatic rings. The molecule has 0 radical (unpaired) electrons. The molecule has 0 spiro atoms. The number of morpholine rings is 1. The zero-order valence-electron chi connectivity index (χ0n) is 12.7. The molecule has 1 aromatic rings.